The number of rotatable bonds is 10. The Morgan fingerprint density at radius 2 is 1.59 bits per heavy atom. The summed E-state index contributed by atoms with van der Waals surface area (Å²) < 4.78 is 16.4. The molecule has 5 heteroatoms. The molecule has 0 bridgehead atoms. The van der Waals surface area contributed by atoms with Gasteiger partial charge in [0, 0.05) is 13.1 Å². The van der Waals surface area contributed by atoms with E-state index in [2.05, 4.69) is 5.32 Å². The molecule has 126 valence electrons. The largest absolute Gasteiger partial charge is 0.493 e. The van der Waals surface area contributed by atoms with Crippen LogP contribution in [0.1, 0.15) is 39.2 Å². The van der Waals surface area contributed by atoms with Gasteiger partial charge in [-0.1, -0.05) is 13.8 Å². The summed E-state index contributed by atoms with van der Waals surface area (Å²) in [6, 6.07) is 3.86. The molecule has 5 nitrogen and oxygen atoms in total. The van der Waals surface area contributed by atoms with Gasteiger partial charge in [0.05, 0.1) is 26.4 Å². The second-order valence-electron chi connectivity index (χ2n) is 5.30. The highest BCUT2D eigenvalue weighted by atomic mass is 16.5. The highest BCUT2D eigenvalue weighted by molar-refractivity contribution is 5.53. The Kier molecular flexibility index (Phi) is 7.48. The van der Waals surface area contributed by atoms with Gasteiger partial charge in [0.1, 0.15) is 0 Å². The number of hydrogen-bond acceptors (Lipinski definition) is 5. The van der Waals surface area contributed by atoms with Gasteiger partial charge in [0.25, 0.3) is 0 Å². The van der Waals surface area contributed by atoms with Gasteiger partial charge in [-0.05, 0) is 37.5 Å². The number of hydrogen-bond donors (Lipinski definition) is 2. The fraction of sp³-hybridized carbons (Fsp3) is 0.647. The van der Waals surface area contributed by atoms with E-state index in [0.29, 0.717) is 36.9 Å². The minimum atomic E-state index is -0.653. The predicted molar refractivity (Wildman–Crippen MR) is 88.0 cm³/mol. The number of ether oxygens (including phenoxy) is 3. The summed E-state index contributed by atoms with van der Waals surface area (Å²) in [5.74, 6) is 1.92. The lowest BCUT2D eigenvalue weighted by Gasteiger charge is -2.25. The number of aliphatic hydroxyl groups is 1. The Balaban J connectivity index is 2.83. The Morgan fingerprint density at radius 1 is 1.05 bits per heavy atom. The van der Waals surface area contributed by atoms with Crippen molar-refractivity contribution in [2.45, 2.75) is 45.8 Å². The maximum absolute atomic E-state index is 10.3. The van der Waals surface area contributed by atoms with Crippen molar-refractivity contribution in [1.29, 1.82) is 0 Å². The zero-order chi connectivity index (χ0) is 16.6. The van der Waals surface area contributed by atoms with Crippen molar-refractivity contribution < 1.29 is 19.3 Å². The van der Waals surface area contributed by atoms with Crippen LogP contribution in [0.5, 0.6) is 17.2 Å². The zero-order valence-electron chi connectivity index (χ0n) is 14.4. The molecule has 22 heavy (non-hydrogen) atoms. The van der Waals surface area contributed by atoms with Crippen molar-refractivity contribution in [3.05, 3.63) is 17.7 Å². The van der Waals surface area contributed by atoms with E-state index >= 15 is 0 Å². The second-order valence-corrected chi connectivity index (χ2v) is 5.30. The molecule has 1 aromatic rings. The fourth-order valence-corrected chi connectivity index (χ4v) is 2.26. The molecule has 2 N–H and O–H groups in total. The van der Waals surface area contributed by atoms with Gasteiger partial charge in [0.2, 0.25) is 5.75 Å². The standard InChI is InChI=1S/C17H29NO4/c1-6-17(19,7-2)12-18-11-13-9-14(20-4)16(22-8-3)15(10-13)21-5/h9-10,18-19H,6-8,11-12H2,1-5H3. The van der Waals surface area contributed by atoms with E-state index < -0.39 is 5.60 Å². The van der Waals surface area contributed by atoms with Crippen LogP contribution >= 0.6 is 0 Å². The Hall–Kier alpha value is -1.46. The molecular formula is C17H29NO4. The molecule has 0 spiro atoms. The van der Waals surface area contributed by atoms with Crippen LogP contribution in [0, 0.1) is 0 Å². The smallest absolute Gasteiger partial charge is 0.203 e. The Labute approximate surface area is 133 Å². The summed E-state index contributed by atoms with van der Waals surface area (Å²) in [5.41, 5.74) is 0.367. The third kappa shape index (κ3) is 4.78. The van der Waals surface area contributed by atoms with Crippen LogP contribution in [-0.2, 0) is 6.54 Å². The highest BCUT2D eigenvalue weighted by Crippen LogP contribution is 2.38. The summed E-state index contributed by atoms with van der Waals surface area (Å²) >= 11 is 0. The number of methoxy groups -OCH3 is 2. The first-order valence-corrected chi connectivity index (χ1v) is 7.84. The molecule has 0 aliphatic carbocycles. The van der Waals surface area contributed by atoms with Crippen LogP contribution in [0.3, 0.4) is 0 Å². The van der Waals surface area contributed by atoms with Crippen LogP contribution in [0.25, 0.3) is 0 Å². The van der Waals surface area contributed by atoms with Gasteiger partial charge < -0.3 is 24.6 Å². The zero-order valence-corrected chi connectivity index (χ0v) is 14.4. The van der Waals surface area contributed by atoms with Gasteiger partial charge in [-0.25, -0.2) is 0 Å². The molecular weight excluding hydrogens is 282 g/mol. The summed E-state index contributed by atoms with van der Waals surface area (Å²) in [6.07, 6.45) is 1.46. The third-order valence-corrected chi connectivity index (χ3v) is 3.91. The van der Waals surface area contributed by atoms with Crippen LogP contribution in [0.4, 0.5) is 0 Å². The van der Waals surface area contributed by atoms with Gasteiger partial charge in [-0.2, -0.15) is 0 Å². The first kappa shape index (κ1) is 18.6. The molecule has 0 radical (unpaired) electrons. The van der Waals surface area contributed by atoms with E-state index in [1.165, 1.54) is 0 Å². The Morgan fingerprint density at radius 3 is 2.00 bits per heavy atom. The molecule has 1 rings (SSSR count). The first-order valence-electron chi connectivity index (χ1n) is 7.84. The molecule has 0 aliphatic heterocycles. The maximum atomic E-state index is 10.3. The van der Waals surface area contributed by atoms with E-state index in [0.717, 1.165) is 18.4 Å². The van der Waals surface area contributed by atoms with Crippen LogP contribution in [0.15, 0.2) is 12.1 Å². The van der Waals surface area contributed by atoms with Gasteiger partial charge in [-0.15, -0.1) is 0 Å². The normalized spacial score (nSPS) is 11.4. The van der Waals surface area contributed by atoms with Crippen molar-refractivity contribution in [3.8, 4) is 17.2 Å². The topological polar surface area (TPSA) is 60.0 Å². The lowest BCUT2D eigenvalue weighted by atomic mass is 9.97. The lowest BCUT2D eigenvalue weighted by Crippen LogP contribution is -2.39. The molecule has 0 aliphatic rings. The minimum absolute atomic E-state index is 0.546. The van der Waals surface area contributed by atoms with Crippen molar-refractivity contribution >= 4 is 0 Å². The van der Waals surface area contributed by atoms with Crippen molar-refractivity contribution in [3.63, 3.8) is 0 Å². The van der Waals surface area contributed by atoms with Crippen LogP contribution < -0.4 is 19.5 Å². The molecule has 1 aromatic carbocycles. The first-order chi connectivity index (χ1) is 10.5. The molecule has 0 heterocycles. The third-order valence-electron chi connectivity index (χ3n) is 3.91. The molecule has 0 fully saturated rings. The predicted octanol–water partition coefficient (Wildman–Crippen LogP) is 2.74. The van der Waals surface area contributed by atoms with Crippen LogP contribution in [0.2, 0.25) is 0 Å². The molecule has 0 saturated heterocycles. The maximum Gasteiger partial charge on any atom is 0.203 e. The fourth-order valence-electron chi connectivity index (χ4n) is 2.26. The van der Waals surface area contributed by atoms with Gasteiger partial charge in [-0.3, -0.25) is 0 Å². The summed E-state index contributed by atoms with van der Waals surface area (Å²) in [5, 5.41) is 13.6. The SMILES string of the molecule is CCOc1c(OC)cc(CNCC(O)(CC)CC)cc1OC. The Bertz CT molecular complexity index is 433. The summed E-state index contributed by atoms with van der Waals surface area (Å²) in [7, 11) is 3.23. The van der Waals surface area contributed by atoms with Crippen LogP contribution in [-0.4, -0.2) is 38.1 Å². The van der Waals surface area contributed by atoms with Crippen molar-refractivity contribution in [1.82, 2.24) is 5.32 Å². The van der Waals surface area contributed by atoms with E-state index in [9.17, 15) is 5.11 Å². The second kappa shape index (κ2) is 8.86. The molecule has 0 saturated carbocycles. The quantitative estimate of drug-likeness (QED) is 0.696. The van der Waals surface area contributed by atoms with E-state index in [-0.39, 0.29) is 0 Å². The minimum Gasteiger partial charge on any atom is -0.493 e. The number of nitrogens with one attached hydrogen (secondary N) is 1. The lowest BCUT2D eigenvalue weighted by molar-refractivity contribution is 0.0323. The van der Waals surface area contributed by atoms with Crippen molar-refractivity contribution in [2.24, 2.45) is 0 Å². The summed E-state index contributed by atoms with van der Waals surface area (Å²) in [6.45, 7) is 7.64. The molecule has 0 amide bonds. The van der Waals surface area contributed by atoms with Gasteiger partial charge in [0.15, 0.2) is 11.5 Å². The molecule has 0 atom stereocenters. The average Bonchev–Trinajstić information content (AvgIpc) is 2.55. The number of benzene rings is 1. The molecule has 0 unspecified atom stereocenters. The monoisotopic (exact) mass is 311 g/mol. The highest BCUT2D eigenvalue weighted by Gasteiger charge is 2.21. The molecule has 0 aromatic heterocycles. The van der Waals surface area contributed by atoms with E-state index in [1.807, 2.05) is 32.9 Å². The van der Waals surface area contributed by atoms with Crippen molar-refractivity contribution in [2.75, 3.05) is 27.4 Å². The van der Waals surface area contributed by atoms with E-state index in [4.69, 9.17) is 14.2 Å². The van der Waals surface area contributed by atoms with E-state index in [1.54, 1.807) is 14.2 Å². The van der Waals surface area contributed by atoms with Gasteiger partial charge >= 0.3 is 0 Å². The average molecular weight is 311 g/mol. The summed E-state index contributed by atoms with van der Waals surface area (Å²) in [4.78, 5) is 0.